The molecule has 2 heteroatoms. The molecule has 0 aliphatic rings. The molecule has 0 radical (unpaired) electrons. The number of hydrogen-bond acceptors (Lipinski definition) is 2. The SMILES string of the molecule is Cc1cccc(CN(C)CC(C)(CO)c2ccccc2)c1. The number of aliphatic hydroxyl groups excluding tert-OH is 1. The minimum atomic E-state index is -0.236. The van der Waals surface area contributed by atoms with Crippen LogP contribution in [0.5, 0.6) is 0 Å². The molecular formula is C19H25NO. The van der Waals surface area contributed by atoms with E-state index >= 15 is 0 Å². The molecule has 1 unspecified atom stereocenters. The predicted octanol–water partition coefficient (Wildman–Crippen LogP) is 3.38. The maximum atomic E-state index is 9.87. The molecule has 0 heterocycles. The van der Waals surface area contributed by atoms with Gasteiger partial charge in [0.05, 0.1) is 6.61 Å². The Balaban J connectivity index is 2.08. The summed E-state index contributed by atoms with van der Waals surface area (Å²) in [6.07, 6.45) is 0. The first-order valence-corrected chi connectivity index (χ1v) is 7.44. The quantitative estimate of drug-likeness (QED) is 0.878. The molecule has 0 saturated carbocycles. The molecule has 1 atom stereocenters. The van der Waals surface area contributed by atoms with Crippen LogP contribution in [0.4, 0.5) is 0 Å². The normalized spacial score (nSPS) is 14.1. The third-order valence-electron chi connectivity index (χ3n) is 3.97. The lowest BCUT2D eigenvalue weighted by Crippen LogP contribution is -2.39. The third-order valence-corrected chi connectivity index (χ3v) is 3.97. The Morgan fingerprint density at radius 1 is 1.05 bits per heavy atom. The van der Waals surface area contributed by atoms with Crippen LogP contribution in [-0.2, 0) is 12.0 Å². The van der Waals surface area contributed by atoms with Gasteiger partial charge in [0.1, 0.15) is 0 Å². The average molecular weight is 283 g/mol. The Bertz CT molecular complexity index is 567. The highest BCUT2D eigenvalue weighted by atomic mass is 16.3. The summed E-state index contributed by atoms with van der Waals surface area (Å²) in [6, 6.07) is 18.8. The van der Waals surface area contributed by atoms with Gasteiger partial charge in [-0.2, -0.15) is 0 Å². The van der Waals surface area contributed by atoms with Crippen molar-refractivity contribution in [1.29, 1.82) is 0 Å². The predicted molar refractivity (Wildman–Crippen MR) is 88.4 cm³/mol. The molecule has 1 N–H and O–H groups in total. The van der Waals surface area contributed by atoms with Crippen molar-refractivity contribution in [3.63, 3.8) is 0 Å². The zero-order valence-corrected chi connectivity index (χ0v) is 13.2. The standard InChI is InChI=1S/C19H25NO/c1-16-8-7-9-17(12-16)13-20(3)14-19(2,15-21)18-10-5-4-6-11-18/h4-12,21H,13-15H2,1-3H3. The van der Waals surface area contributed by atoms with E-state index in [1.54, 1.807) is 0 Å². The topological polar surface area (TPSA) is 23.5 Å². The summed E-state index contributed by atoms with van der Waals surface area (Å²) in [5, 5.41) is 9.87. The van der Waals surface area contributed by atoms with Crippen LogP contribution in [0.15, 0.2) is 54.6 Å². The van der Waals surface area contributed by atoms with E-state index < -0.39 is 0 Å². The Labute approximate surface area is 128 Å². The Morgan fingerprint density at radius 2 is 1.76 bits per heavy atom. The van der Waals surface area contributed by atoms with Crippen molar-refractivity contribution in [2.75, 3.05) is 20.2 Å². The van der Waals surface area contributed by atoms with Gasteiger partial charge in [-0.15, -0.1) is 0 Å². The summed E-state index contributed by atoms with van der Waals surface area (Å²) >= 11 is 0. The minimum Gasteiger partial charge on any atom is -0.395 e. The molecule has 0 saturated heterocycles. The molecule has 0 aliphatic carbocycles. The van der Waals surface area contributed by atoms with Crippen molar-refractivity contribution in [3.05, 3.63) is 71.3 Å². The van der Waals surface area contributed by atoms with Crippen LogP contribution in [0.2, 0.25) is 0 Å². The fourth-order valence-electron chi connectivity index (χ4n) is 2.85. The molecule has 0 bridgehead atoms. The molecular weight excluding hydrogens is 258 g/mol. The van der Waals surface area contributed by atoms with E-state index in [0.717, 1.165) is 13.1 Å². The largest absolute Gasteiger partial charge is 0.395 e. The van der Waals surface area contributed by atoms with Gasteiger partial charge in [0.15, 0.2) is 0 Å². The highest BCUT2D eigenvalue weighted by Crippen LogP contribution is 2.24. The highest BCUT2D eigenvalue weighted by Gasteiger charge is 2.27. The average Bonchev–Trinajstić information content (AvgIpc) is 2.48. The van der Waals surface area contributed by atoms with Crippen LogP contribution in [0.3, 0.4) is 0 Å². The van der Waals surface area contributed by atoms with E-state index in [0.29, 0.717) is 0 Å². The molecule has 2 rings (SSSR count). The first-order valence-electron chi connectivity index (χ1n) is 7.44. The maximum absolute atomic E-state index is 9.87. The lowest BCUT2D eigenvalue weighted by molar-refractivity contribution is 0.156. The van der Waals surface area contributed by atoms with Gasteiger partial charge in [-0.05, 0) is 25.1 Å². The van der Waals surface area contributed by atoms with Crippen LogP contribution in [0, 0.1) is 6.92 Å². The van der Waals surface area contributed by atoms with Gasteiger partial charge in [-0.1, -0.05) is 67.1 Å². The van der Waals surface area contributed by atoms with Crippen LogP contribution < -0.4 is 0 Å². The van der Waals surface area contributed by atoms with E-state index in [1.807, 2.05) is 18.2 Å². The number of aryl methyl sites for hydroxylation is 1. The van der Waals surface area contributed by atoms with E-state index in [-0.39, 0.29) is 12.0 Å². The van der Waals surface area contributed by atoms with Crippen molar-refractivity contribution in [2.24, 2.45) is 0 Å². The molecule has 0 aromatic heterocycles. The second kappa shape index (κ2) is 6.88. The number of rotatable bonds is 6. The van der Waals surface area contributed by atoms with Crippen molar-refractivity contribution in [1.82, 2.24) is 4.90 Å². The highest BCUT2D eigenvalue weighted by molar-refractivity contribution is 5.26. The Hall–Kier alpha value is -1.64. The fraction of sp³-hybridized carbons (Fsp3) is 0.368. The van der Waals surface area contributed by atoms with Crippen LogP contribution >= 0.6 is 0 Å². The number of hydrogen-bond donors (Lipinski definition) is 1. The van der Waals surface area contributed by atoms with Gasteiger partial charge < -0.3 is 10.0 Å². The summed E-state index contributed by atoms with van der Waals surface area (Å²) < 4.78 is 0. The monoisotopic (exact) mass is 283 g/mol. The van der Waals surface area contributed by atoms with Crippen LogP contribution in [0.1, 0.15) is 23.6 Å². The molecule has 0 spiro atoms. The number of aliphatic hydroxyl groups is 1. The number of likely N-dealkylation sites (N-methyl/N-ethyl adjacent to an activating group) is 1. The zero-order chi connectivity index (χ0) is 15.3. The van der Waals surface area contributed by atoms with E-state index in [9.17, 15) is 5.11 Å². The molecule has 0 fully saturated rings. The van der Waals surface area contributed by atoms with Crippen molar-refractivity contribution in [3.8, 4) is 0 Å². The Morgan fingerprint density at radius 3 is 2.38 bits per heavy atom. The lowest BCUT2D eigenvalue weighted by atomic mass is 9.83. The zero-order valence-electron chi connectivity index (χ0n) is 13.2. The maximum Gasteiger partial charge on any atom is 0.0537 e. The second-order valence-electron chi connectivity index (χ2n) is 6.25. The van der Waals surface area contributed by atoms with Gasteiger partial charge in [-0.25, -0.2) is 0 Å². The third kappa shape index (κ3) is 4.16. The van der Waals surface area contributed by atoms with Crippen molar-refractivity contribution in [2.45, 2.75) is 25.8 Å². The van der Waals surface area contributed by atoms with Crippen LogP contribution in [0.25, 0.3) is 0 Å². The second-order valence-corrected chi connectivity index (χ2v) is 6.25. The molecule has 21 heavy (non-hydrogen) atoms. The lowest BCUT2D eigenvalue weighted by Gasteiger charge is -2.33. The molecule has 0 amide bonds. The van der Waals surface area contributed by atoms with E-state index in [1.165, 1.54) is 16.7 Å². The molecule has 2 aromatic carbocycles. The summed E-state index contributed by atoms with van der Waals surface area (Å²) in [4.78, 5) is 2.28. The van der Waals surface area contributed by atoms with E-state index in [4.69, 9.17) is 0 Å². The summed E-state index contributed by atoms with van der Waals surface area (Å²) in [6.45, 7) is 6.10. The van der Waals surface area contributed by atoms with Crippen molar-refractivity contribution < 1.29 is 5.11 Å². The molecule has 2 aromatic rings. The minimum absolute atomic E-state index is 0.148. The van der Waals surface area contributed by atoms with Gasteiger partial charge in [0.25, 0.3) is 0 Å². The summed E-state index contributed by atoms with van der Waals surface area (Å²) in [5.74, 6) is 0. The van der Waals surface area contributed by atoms with Gasteiger partial charge in [-0.3, -0.25) is 0 Å². The molecule has 0 aliphatic heterocycles. The van der Waals surface area contributed by atoms with Gasteiger partial charge in [0, 0.05) is 18.5 Å². The number of nitrogens with zero attached hydrogens (tertiary/aromatic N) is 1. The van der Waals surface area contributed by atoms with E-state index in [2.05, 4.69) is 62.2 Å². The fourth-order valence-corrected chi connectivity index (χ4v) is 2.85. The summed E-state index contributed by atoms with van der Waals surface area (Å²) in [5.41, 5.74) is 3.54. The Kier molecular flexibility index (Phi) is 5.16. The molecule has 112 valence electrons. The van der Waals surface area contributed by atoms with Crippen LogP contribution in [-0.4, -0.2) is 30.2 Å². The first kappa shape index (κ1) is 15.7. The van der Waals surface area contributed by atoms with Gasteiger partial charge >= 0.3 is 0 Å². The first-order chi connectivity index (χ1) is 10.0. The molecule has 2 nitrogen and oxygen atoms in total. The smallest absolute Gasteiger partial charge is 0.0537 e. The van der Waals surface area contributed by atoms with Crippen molar-refractivity contribution >= 4 is 0 Å². The number of benzene rings is 2. The summed E-state index contributed by atoms with van der Waals surface area (Å²) in [7, 11) is 2.11. The van der Waals surface area contributed by atoms with Gasteiger partial charge in [0.2, 0.25) is 0 Å².